The molecule has 0 bridgehead atoms. The Labute approximate surface area is 136 Å². The number of amides is 1. The molecule has 0 spiro atoms. The molecule has 1 aromatic rings. The molecule has 1 unspecified atom stereocenters. The van der Waals surface area contributed by atoms with E-state index in [2.05, 4.69) is 10.3 Å². The molecule has 1 amide bonds. The average Bonchev–Trinajstić information content (AvgIpc) is 2.73. The van der Waals surface area contributed by atoms with Crippen LogP contribution in [-0.4, -0.2) is 55.3 Å². The van der Waals surface area contributed by atoms with E-state index in [4.69, 9.17) is 0 Å². The summed E-state index contributed by atoms with van der Waals surface area (Å²) < 4.78 is 22.8. The Balaban J connectivity index is 2.64. The number of rotatable bonds is 8. The lowest BCUT2D eigenvalue weighted by atomic mass is 10.3. The number of carbonyl (C=O) groups excluding carboxylic acids is 1. The normalized spacial score (nSPS) is 13.4. The Kier molecular flexibility index (Phi) is 6.96. The minimum absolute atomic E-state index is 0.0461. The number of carbonyl (C=O) groups is 1. The van der Waals surface area contributed by atoms with Crippen molar-refractivity contribution in [2.45, 2.75) is 40.2 Å². The standard InChI is InChI=1S/C14H25N3O3S2/c1-6-12-11(4)21-14(15-12)16-13(18)8-17(7-2)10(3)9-22(5,19)20/h10H,6-9H2,1-5H3,(H,15,16,18). The summed E-state index contributed by atoms with van der Waals surface area (Å²) in [6.07, 6.45) is 2.05. The van der Waals surface area contributed by atoms with E-state index in [-0.39, 0.29) is 24.2 Å². The van der Waals surface area contributed by atoms with Gasteiger partial charge in [0.1, 0.15) is 9.84 Å². The van der Waals surface area contributed by atoms with Crippen molar-refractivity contribution in [2.75, 3.05) is 30.4 Å². The lowest BCUT2D eigenvalue weighted by molar-refractivity contribution is -0.117. The maximum Gasteiger partial charge on any atom is 0.240 e. The third-order valence-electron chi connectivity index (χ3n) is 3.39. The molecule has 0 aliphatic carbocycles. The number of aryl methyl sites for hydroxylation is 2. The van der Waals surface area contributed by atoms with Crippen LogP contribution in [0.2, 0.25) is 0 Å². The van der Waals surface area contributed by atoms with Gasteiger partial charge in [0.25, 0.3) is 0 Å². The topological polar surface area (TPSA) is 79.4 Å². The summed E-state index contributed by atoms with van der Waals surface area (Å²) in [5.74, 6) is -0.122. The molecule has 1 N–H and O–H groups in total. The molecule has 0 radical (unpaired) electrons. The van der Waals surface area contributed by atoms with Crippen molar-refractivity contribution in [3.63, 3.8) is 0 Å². The first-order chi connectivity index (χ1) is 10.2. The van der Waals surface area contributed by atoms with E-state index in [1.54, 1.807) is 0 Å². The highest BCUT2D eigenvalue weighted by Gasteiger charge is 2.20. The molecule has 8 heteroatoms. The zero-order chi connectivity index (χ0) is 16.9. The molecule has 1 atom stereocenters. The Hall–Kier alpha value is -0.990. The molecule has 0 saturated heterocycles. The van der Waals surface area contributed by atoms with Gasteiger partial charge in [-0.2, -0.15) is 0 Å². The van der Waals surface area contributed by atoms with Crippen LogP contribution in [0.5, 0.6) is 0 Å². The maximum atomic E-state index is 12.1. The molecule has 0 saturated carbocycles. The highest BCUT2D eigenvalue weighted by molar-refractivity contribution is 7.90. The summed E-state index contributed by atoms with van der Waals surface area (Å²) >= 11 is 1.46. The monoisotopic (exact) mass is 347 g/mol. The number of nitrogens with zero attached hydrogens (tertiary/aromatic N) is 2. The largest absolute Gasteiger partial charge is 0.301 e. The lowest BCUT2D eigenvalue weighted by Crippen LogP contribution is -2.42. The summed E-state index contributed by atoms with van der Waals surface area (Å²) in [7, 11) is -3.06. The Bertz CT molecular complexity index is 611. The van der Waals surface area contributed by atoms with Gasteiger partial charge in [-0.15, -0.1) is 11.3 Å². The van der Waals surface area contributed by atoms with E-state index in [1.165, 1.54) is 17.6 Å². The van der Waals surface area contributed by atoms with Crippen molar-refractivity contribution in [1.82, 2.24) is 9.88 Å². The predicted octanol–water partition coefficient (Wildman–Crippen LogP) is 1.71. The summed E-state index contributed by atoms with van der Waals surface area (Å²) in [6.45, 7) is 8.52. The first-order valence-electron chi connectivity index (χ1n) is 7.34. The maximum absolute atomic E-state index is 12.1. The fourth-order valence-corrected chi connectivity index (χ4v) is 4.28. The highest BCUT2D eigenvalue weighted by atomic mass is 32.2. The molecular formula is C14H25N3O3S2. The number of aromatic nitrogens is 1. The number of sulfone groups is 1. The SMILES string of the molecule is CCc1nc(NC(=O)CN(CC)C(C)CS(C)(=O)=O)sc1C. The summed E-state index contributed by atoms with van der Waals surface area (Å²) in [5, 5.41) is 3.40. The summed E-state index contributed by atoms with van der Waals surface area (Å²) in [6, 6.07) is -0.199. The van der Waals surface area contributed by atoms with Gasteiger partial charge >= 0.3 is 0 Å². The predicted molar refractivity (Wildman–Crippen MR) is 91.3 cm³/mol. The van der Waals surface area contributed by atoms with Crippen molar-refractivity contribution >= 4 is 32.2 Å². The Morgan fingerprint density at radius 1 is 1.41 bits per heavy atom. The molecule has 1 aromatic heterocycles. The third kappa shape index (κ3) is 6.02. The smallest absolute Gasteiger partial charge is 0.240 e. The van der Waals surface area contributed by atoms with Crippen LogP contribution >= 0.6 is 11.3 Å². The number of anilines is 1. The van der Waals surface area contributed by atoms with Gasteiger partial charge in [0, 0.05) is 17.2 Å². The average molecular weight is 348 g/mol. The van der Waals surface area contributed by atoms with Gasteiger partial charge in [-0.3, -0.25) is 9.69 Å². The van der Waals surface area contributed by atoms with Crippen molar-refractivity contribution in [2.24, 2.45) is 0 Å². The van der Waals surface area contributed by atoms with Gasteiger partial charge in [-0.25, -0.2) is 13.4 Å². The van der Waals surface area contributed by atoms with Gasteiger partial charge in [-0.05, 0) is 26.8 Å². The van der Waals surface area contributed by atoms with Crippen LogP contribution in [0, 0.1) is 6.92 Å². The molecule has 1 rings (SSSR count). The second-order valence-electron chi connectivity index (χ2n) is 5.43. The molecule has 0 fully saturated rings. The van der Waals surface area contributed by atoms with Crippen LogP contribution < -0.4 is 5.32 Å². The fraction of sp³-hybridized carbons (Fsp3) is 0.714. The van der Waals surface area contributed by atoms with Crippen molar-refractivity contribution in [3.05, 3.63) is 10.6 Å². The molecule has 0 aliphatic heterocycles. The first-order valence-corrected chi connectivity index (χ1v) is 10.2. The zero-order valence-corrected chi connectivity index (χ0v) is 15.5. The molecule has 1 heterocycles. The van der Waals surface area contributed by atoms with Gasteiger partial charge in [0.05, 0.1) is 18.0 Å². The van der Waals surface area contributed by atoms with Crippen LogP contribution in [0.15, 0.2) is 0 Å². The molecular weight excluding hydrogens is 322 g/mol. The number of hydrogen-bond acceptors (Lipinski definition) is 6. The van der Waals surface area contributed by atoms with E-state index in [1.807, 2.05) is 32.6 Å². The van der Waals surface area contributed by atoms with Crippen LogP contribution in [0.1, 0.15) is 31.3 Å². The van der Waals surface area contributed by atoms with Crippen LogP contribution in [0.25, 0.3) is 0 Å². The molecule has 22 heavy (non-hydrogen) atoms. The highest BCUT2D eigenvalue weighted by Crippen LogP contribution is 2.22. The van der Waals surface area contributed by atoms with Crippen molar-refractivity contribution in [1.29, 1.82) is 0 Å². The van der Waals surface area contributed by atoms with Gasteiger partial charge in [0.2, 0.25) is 5.91 Å². The summed E-state index contributed by atoms with van der Waals surface area (Å²) in [5.41, 5.74) is 0.998. The van der Waals surface area contributed by atoms with E-state index >= 15 is 0 Å². The lowest BCUT2D eigenvalue weighted by Gasteiger charge is -2.26. The number of thiazole rings is 1. The van der Waals surface area contributed by atoms with E-state index < -0.39 is 9.84 Å². The second-order valence-corrected chi connectivity index (χ2v) is 8.82. The quantitative estimate of drug-likeness (QED) is 0.774. The minimum atomic E-state index is -3.06. The van der Waals surface area contributed by atoms with Crippen LogP contribution in [-0.2, 0) is 21.1 Å². The van der Waals surface area contributed by atoms with E-state index in [0.717, 1.165) is 17.0 Å². The number of nitrogens with one attached hydrogen (secondary N) is 1. The van der Waals surface area contributed by atoms with Crippen molar-refractivity contribution < 1.29 is 13.2 Å². The van der Waals surface area contributed by atoms with E-state index in [9.17, 15) is 13.2 Å². The first kappa shape index (κ1) is 19.1. The van der Waals surface area contributed by atoms with E-state index in [0.29, 0.717) is 11.7 Å². The van der Waals surface area contributed by atoms with Gasteiger partial charge < -0.3 is 5.32 Å². The fourth-order valence-electron chi connectivity index (χ4n) is 2.28. The molecule has 6 nitrogen and oxygen atoms in total. The molecule has 126 valence electrons. The van der Waals surface area contributed by atoms with Crippen molar-refractivity contribution in [3.8, 4) is 0 Å². The van der Waals surface area contributed by atoms with Gasteiger partial charge in [-0.1, -0.05) is 13.8 Å². The van der Waals surface area contributed by atoms with Gasteiger partial charge in [0.15, 0.2) is 5.13 Å². The third-order valence-corrected chi connectivity index (χ3v) is 5.41. The van der Waals surface area contributed by atoms with Crippen LogP contribution in [0.3, 0.4) is 0 Å². The van der Waals surface area contributed by atoms with Crippen LogP contribution in [0.4, 0.5) is 5.13 Å². The Morgan fingerprint density at radius 2 is 2.05 bits per heavy atom. The summed E-state index contributed by atoms with van der Waals surface area (Å²) in [4.78, 5) is 19.5. The zero-order valence-electron chi connectivity index (χ0n) is 13.8. The molecule has 0 aromatic carbocycles. The Morgan fingerprint density at radius 3 is 2.50 bits per heavy atom. The molecule has 0 aliphatic rings. The number of likely N-dealkylation sites (N-methyl/N-ethyl adjacent to an activating group) is 1. The number of hydrogen-bond donors (Lipinski definition) is 1. The second kappa shape index (κ2) is 8.03. The minimum Gasteiger partial charge on any atom is -0.301 e.